The SMILES string of the molecule is Fc1ccc(Oc2cc(NCCN3CCOCC3)c3c(-c4ccccc4Cl)n[nH]c3n2)c(F)c1. The average molecular weight is 486 g/mol. The van der Waals surface area contributed by atoms with Gasteiger partial charge in [0.2, 0.25) is 5.88 Å². The highest BCUT2D eigenvalue weighted by molar-refractivity contribution is 6.33. The quantitative estimate of drug-likeness (QED) is 0.379. The molecule has 0 unspecified atom stereocenters. The van der Waals surface area contributed by atoms with E-state index in [0.29, 0.717) is 28.6 Å². The Balaban J connectivity index is 1.50. The Kier molecular flexibility index (Phi) is 6.57. The monoisotopic (exact) mass is 485 g/mol. The number of pyridine rings is 1. The molecule has 2 aromatic heterocycles. The van der Waals surface area contributed by atoms with Gasteiger partial charge < -0.3 is 14.8 Å². The minimum Gasteiger partial charge on any atom is -0.436 e. The molecular weight excluding hydrogens is 464 g/mol. The highest BCUT2D eigenvalue weighted by Crippen LogP contribution is 2.37. The van der Waals surface area contributed by atoms with E-state index in [-0.39, 0.29) is 11.6 Å². The van der Waals surface area contributed by atoms with Crippen LogP contribution in [0.5, 0.6) is 11.6 Å². The van der Waals surface area contributed by atoms with E-state index in [1.54, 1.807) is 12.1 Å². The topological polar surface area (TPSA) is 75.3 Å². The van der Waals surface area contributed by atoms with Crippen LogP contribution in [0.15, 0.2) is 48.5 Å². The highest BCUT2D eigenvalue weighted by Gasteiger charge is 2.19. The number of aromatic nitrogens is 3. The van der Waals surface area contributed by atoms with Gasteiger partial charge in [0.05, 0.1) is 29.3 Å². The first kappa shape index (κ1) is 22.5. The molecule has 0 atom stereocenters. The summed E-state index contributed by atoms with van der Waals surface area (Å²) in [5.41, 5.74) is 2.55. The number of H-pyrrole nitrogens is 1. The second kappa shape index (κ2) is 9.92. The van der Waals surface area contributed by atoms with Crippen molar-refractivity contribution >= 4 is 28.3 Å². The lowest BCUT2D eigenvalue weighted by Gasteiger charge is -2.26. The minimum absolute atomic E-state index is 0.127. The van der Waals surface area contributed by atoms with Crippen LogP contribution in [0.1, 0.15) is 0 Å². The van der Waals surface area contributed by atoms with Gasteiger partial charge in [-0.2, -0.15) is 10.1 Å². The van der Waals surface area contributed by atoms with E-state index in [9.17, 15) is 8.78 Å². The first-order valence-corrected chi connectivity index (χ1v) is 11.3. The zero-order valence-corrected chi connectivity index (χ0v) is 18.9. The zero-order chi connectivity index (χ0) is 23.5. The van der Waals surface area contributed by atoms with Gasteiger partial charge in [-0.05, 0) is 18.2 Å². The second-order valence-corrected chi connectivity index (χ2v) is 8.25. The Morgan fingerprint density at radius 2 is 1.94 bits per heavy atom. The van der Waals surface area contributed by atoms with Gasteiger partial charge in [0, 0.05) is 43.9 Å². The number of rotatable bonds is 7. The molecule has 1 fully saturated rings. The molecule has 10 heteroatoms. The Morgan fingerprint density at radius 3 is 2.74 bits per heavy atom. The molecule has 0 aliphatic carbocycles. The van der Waals surface area contributed by atoms with Crippen LogP contribution < -0.4 is 10.1 Å². The lowest BCUT2D eigenvalue weighted by molar-refractivity contribution is 0.0398. The summed E-state index contributed by atoms with van der Waals surface area (Å²) in [7, 11) is 0. The van der Waals surface area contributed by atoms with Gasteiger partial charge in [0.25, 0.3) is 0 Å². The first-order chi connectivity index (χ1) is 16.6. The van der Waals surface area contributed by atoms with E-state index < -0.39 is 11.6 Å². The Hall–Kier alpha value is -3.27. The molecule has 1 aliphatic rings. The van der Waals surface area contributed by atoms with Crippen LogP contribution in [0.25, 0.3) is 22.3 Å². The number of hydrogen-bond donors (Lipinski definition) is 2. The molecule has 2 N–H and O–H groups in total. The predicted octanol–water partition coefficient (Wildman–Crippen LogP) is 5.09. The number of aromatic amines is 1. The first-order valence-electron chi connectivity index (χ1n) is 10.9. The third-order valence-electron chi connectivity index (χ3n) is 5.59. The van der Waals surface area contributed by atoms with Crippen molar-refractivity contribution in [2.75, 3.05) is 44.7 Å². The van der Waals surface area contributed by atoms with Crippen molar-refractivity contribution in [2.24, 2.45) is 0 Å². The molecule has 0 bridgehead atoms. The zero-order valence-electron chi connectivity index (χ0n) is 18.2. The van der Waals surface area contributed by atoms with Gasteiger partial charge in [0.1, 0.15) is 11.5 Å². The summed E-state index contributed by atoms with van der Waals surface area (Å²) >= 11 is 6.43. The highest BCUT2D eigenvalue weighted by atomic mass is 35.5. The third-order valence-corrected chi connectivity index (χ3v) is 5.92. The number of benzene rings is 2. The van der Waals surface area contributed by atoms with E-state index in [4.69, 9.17) is 21.1 Å². The van der Waals surface area contributed by atoms with Gasteiger partial charge in [-0.3, -0.25) is 10.00 Å². The van der Waals surface area contributed by atoms with Crippen LogP contribution >= 0.6 is 11.6 Å². The van der Waals surface area contributed by atoms with E-state index in [1.807, 2.05) is 18.2 Å². The predicted molar refractivity (Wildman–Crippen MR) is 127 cm³/mol. The Bertz CT molecular complexity index is 1310. The molecular formula is C24H22ClF2N5O2. The molecule has 0 amide bonds. The number of halogens is 3. The number of nitrogens with one attached hydrogen (secondary N) is 2. The van der Waals surface area contributed by atoms with Gasteiger partial charge in [-0.25, -0.2) is 8.78 Å². The van der Waals surface area contributed by atoms with E-state index >= 15 is 0 Å². The summed E-state index contributed by atoms with van der Waals surface area (Å²) in [4.78, 5) is 6.77. The molecule has 1 aliphatic heterocycles. The number of fused-ring (bicyclic) bond motifs is 1. The largest absolute Gasteiger partial charge is 0.436 e. The van der Waals surface area contributed by atoms with Crippen molar-refractivity contribution in [1.29, 1.82) is 0 Å². The second-order valence-electron chi connectivity index (χ2n) is 7.84. The fraction of sp³-hybridized carbons (Fsp3) is 0.250. The fourth-order valence-corrected chi connectivity index (χ4v) is 4.12. The number of nitrogens with zero attached hydrogens (tertiary/aromatic N) is 3. The fourth-order valence-electron chi connectivity index (χ4n) is 3.89. The molecule has 4 aromatic rings. The lowest BCUT2D eigenvalue weighted by Crippen LogP contribution is -2.39. The number of ether oxygens (including phenoxy) is 2. The summed E-state index contributed by atoms with van der Waals surface area (Å²) in [6, 6.07) is 12.2. The molecule has 2 aromatic carbocycles. The van der Waals surface area contributed by atoms with Gasteiger partial charge in [-0.1, -0.05) is 29.8 Å². The molecule has 0 spiro atoms. The van der Waals surface area contributed by atoms with Crippen molar-refractivity contribution in [2.45, 2.75) is 0 Å². The summed E-state index contributed by atoms with van der Waals surface area (Å²) in [6.45, 7) is 4.66. The van der Waals surface area contributed by atoms with Crippen molar-refractivity contribution in [3.63, 3.8) is 0 Å². The number of hydrogen-bond acceptors (Lipinski definition) is 6. The lowest BCUT2D eigenvalue weighted by atomic mass is 10.1. The number of anilines is 1. The average Bonchev–Trinajstić information content (AvgIpc) is 3.26. The van der Waals surface area contributed by atoms with Crippen molar-refractivity contribution < 1.29 is 18.3 Å². The molecule has 0 saturated carbocycles. The molecule has 7 nitrogen and oxygen atoms in total. The standard InChI is InChI=1S/C24H22ClF2N5O2/c25-17-4-2-1-3-16(17)23-22-19(28-7-8-32-9-11-33-12-10-32)14-21(29-24(22)31-30-23)34-20-6-5-15(26)13-18(20)27/h1-6,13-14H,7-12H2,(H2,28,29,30,31). The van der Waals surface area contributed by atoms with Crippen molar-refractivity contribution in [3.8, 4) is 22.9 Å². The van der Waals surface area contributed by atoms with E-state index in [0.717, 1.165) is 55.9 Å². The maximum absolute atomic E-state index is 14.2. The Labute approximate surface area is 199 Å². The molecule has 0 radical (unpaired) electrons. The maximum Gasteiger partial charge on any atom is 0.223 e. The molecule has 176 valence electrons. The van der Waals surface area contributed by atoms with E-state index in [1.165, 1.54) is 6.07 Å². The third kappa shape index (κ3) is 4.82. The molecule has 34 heavy (non-hydrogen) atoms. The van der Waals surface area contributed by atoms with Gasteiger partial charge in [-0.15, -0.1) is 0 Å². The maximum atomic E-state index is 14.2. The summed E-state index contributed by atoms with van der Waals surface area (Å²) in [6.07, 6.45) is 0. The summed E-state index contributed by atoms with van der Waals surface area (Å²) in [5.74, 6) is -1.48. The number of morpholine rings is 1. The van der Waals surface area contributed by atoms with Crippen molar-refractivity contribution in [3.05, 3.63) is 65.2 Å². The summed E-state index contributed by atoms with van der Waals surface area (Å²) < 4.78 is 38.5. The van der Waals surface area contributed by atoms with E-state index in [2.05, 4.69) is 25.4 Å². The smallest absolute Gasteiger partial charge is 0.223 e. The normalized spacial score (nSPS) is 14.4. The van der Waals surface area contributed by atoms with Crippen molar-refractivity contribution in [1.82, 2.24) is 20.1 Å². The van der Waals surface area contributed by atoms with Crippen LogP contribution in [0.4, 0.5) is 14.5 Å². The van der Waals surface area contributed by atoms with Crippen LogP contribution in [0.3, 0.4) is 0 Å². The van der Waals surface area contributed by atoms with Crippen LogP contribution in [-0.2, 0) is 4.74 Å². The van der Waals surface area contributed by atoms with Gasteiger partial charge in [0.15, 0.2) is 17.2 Å². The molecule has 5 rings (SSSR count). The molecule has 3 heterocycles. The molecule has 1 saturated heterocycles. The Morgan fingerprint density at radius 1 is 1.12 bits per heavy atom. The van der Waals surface area contributed by atoms with Crippen LogP contribution in [-0.4, -0.2) is 59.5 Å². The van der Waals surface area contributed by atoms with Gasteiger partial charge >= 0.3 is 0 Å². The minimum atomic E-state index is -0.815. The van der Waals surface area contributed by atoms with Crippen LogP contribution in [0, 0.1) is 11.6 Å². The van der Waals surface area contributed by atoms with Crippen LogP contribution in [0.2, 0.25) is 5.02 Å². The summed E-state index contributed by atoms with van der Waals surface area (Å²) in [5, 5.41) is 12.1.